The van der Waals surface area contributed by atoms with Crippen LogP contribution >= 0.6 is 0 Å². The molecule has 0 radical (unpaired) electrons. The van der Waals surface area contributed by atoms with Gasteiger partial charge in [-0.15, -0.1) is 5.10 Å². The molecule has 0 amide bonds. The predicted octanol–water partition coefficient (Wildman–Crippen LogP) is 2.97. The number of nitrogens with zero attached hydrogens (tertiary/aromatic N) is 5. The zero-order valence-corrected chi connectivity index (χ0v) is 15.5. The van der Waals surface area contributed by atoms with Crippen LogP contribution in [0.1, 0.15) is 33.7 Å². The van der Waals surface area contributed by atoms with Crippen molar-refractivity contribution in [3.8, 4) is 0 Å². The van der Waals surface area contributed by atoms with Crippen molar-refractivity contribution in [1.29, 1.82) is 0 Å². The second-order valence-corrected chi connectivity index (χ2v) is 6.86. The van der Waals surface area contributed by atoms with Crippen molar-refractivity contribution >= 4 is 28.6 Å². The van der Waals surface area contributed by atoms with Crippen molar-refractivity contribution in [2.45, 2.75) is 39.8 Å². The van der Waals surface area contributed by atoms with Gasteiger partial charge in [0.1, 0.15) is 0 Å². The van der Waals surface area contributed by atoms with Gasteiger partial charge in [0.25, 0.3) is 0 Å². The summed E-state index contributed by atoms with van der Waals surface area (Å²) in [5.41, 5.74) is 2.16. The Morgan fingerprint density at radius 3 is 2.42 bits per heavy atom. The van der Waals surface area contributed by atoms with Gasteiger partial charge in [0.15, 0.2) is 17.0 Å². The van der Waals surface area contributed by atoms with Crippen LogP contribution in [0, 0.1) is 5.92 Å². The lowest BCUT2D eigenvalue weighted by Crippen LogP contribution is -2.30. The fourth-order valence-corrected chi connectivity index (χ4v) is 2.58. The molecule has 0 spiro atoms. The topological polar surface area (TPSA) is 101 Å². The van der Waals surface area contributed by atoms with E-state index in [-0.39, 0.29) is 24.6 Å². The van der Waals surface area contributed by atoms with Gasteiger partial charge in [-0.1, -0.05) is 37.3 Å². The first-order valence-corrected chi connectivity index (χ1v) is 8.82. The largest absolute Gasteiger partial charge is 0.394 e. The summed E-state index contributed by atoms with van der Waals surface area (Å²) in [6.07, 6.45) is 0. The maximum absolute atomic E-state index is 9.61. The average molecular weight is 355 g/mol. The standard InChI is InChI=1S/C18H25N7O/c1-11(2)14(10-26)20-18-21-16(19-13-8-6-5-7-9-13)15-17(22-18)25(12(3)4)24-23-15/h5-9,11-12,14,26H,10H2,1-4H3,(H2,19,20,21,22)/t14-/m0/s1. The van der Waals surface area contributed by atoms with Crippen LogP contribution in [0.15, 0.2) is 30.3 Å². The van der Waals surface area contributed by atoms with Gasteiger partial charge in [-0.3, -0.25) is 0 Å². The third kappa shape index (κ3) is 3.75. The molecule has 1 aromatic carbocycles. The lowest BCUT2D eigenvalue weighted by atomic mass is 10.1. The fourth-order valence-electron chi connectivity index (χ4n) is 2.58. The summed E-state index contributed by atoms with van der Waals surface area (Å²) < 4.78 is 1.77. The fraction of sp³-hybridized carbons (Fsp3) is 0.444. The van der Waals surface area contributed by atoms with Crippen molar-refractivity contribution < 1.29 is 5.11 Å². The molecular formula is C18H25N7O. The van der Waals surface area contributed by atoms with E-state index in [9.17, 15) is 5.11 Å². The molecule has 0 aliphatic heterocycles. The molecule has 8 heteroatoms. The van der Waals surface area contributed by atoms with Crippen LogP contribution in [0.3, 0.4) is 0 Å². The molecule has 3 N–H and O–H groups in total. The summed E-state index contributed by atoms with van der Waals surface area (Å²) in [5.74, 6) is 1.25. The predicted molar refractivity (Wildman–Crippen MR) is 103 cm³/mol. The van der Waals surface area contributed by atoms with E-state index >= 15 is 0 Å². The first kappa shape index (κ1) is 18.1. The van der Waals surface area contributed by atoms with E-state index in [1.165, 1.54) is 0 Å². The SMILES string of the molecule is CC(C)[C@H](CO)Nc1nc(Nc2ccccc2)c2nnn(C(C)C)c2n1. The molecule has 0 bridgehead atoms. The van der Waals surface area contributed by atoms with Gasteiger partial charge in [-0.05, 0) is 31.9 Å². The van der Waals surface area contributed by atoms with E-state index in [0.717, 1.165) is 5.69 Å². The molecule has 0 fully saturated rings. The lowest BCUT2D eigenvalue weighted by molar-refractivity contribution is 0.248. The highest BCUT2D eigenvalue weighted by Crippen LogP contribution is 2.25. The Morgan fingerprint density at radius 1 is 1.08 bits per heavy atom. The van der Waals surface area contributed by atoms with Crippen LogP contribution in [0.4, 0.5) is 17.5 Å². The molecule has 0 aliphatic carbocycles. The van der Waals surface area contributed by atoms with Gasteiger partial charge in [-0.25, -0.2) is 4.68 Å². The highest BCUT2D eigenvalue weighted by Gasteiger charge is 2.19. The van der Waals surface area contributed by atoms with E-state index < -0.39 is 0 Å². The number of nitrogens with one attached hydrogen (secondary N) is 2. The Balaban J connectivity index is 2.06. The summed E-state index contributed by atoms with van der Waals surface area (Å²) in [4.78, 5) is 9.17. The molecule has 0 saturated heterocycles. The van der Waals surface area contributed by atoms with Crippen LogP contribution in [0.25, 0.3) is 11.2 Å². The number of fused-ring (bicyclic) bond motifs is 1. The minimum atomic E-state index is -0.139. The van der Waals surface area contributed by atoms with Gasteiger partial charge >= 0.3 is 0 Å². The molecular weight excluding hydrogens is 330 g/mol. The monoisotopic (exact) mass is 355 g/mol. The maximum atomic E-state index is 9.61. The summed E-state index contributed by atoms with van der Waals surface area (Å²) in [5, 5.41) is 24.6. The van der Waals surface area contributed by atoms with Crippen molar-refractivity contribution in [3.63, 3.8) is 0 Å². The number of hydrogen-bond acceptors (Lipinski definition) is 7. The molecule has 0 unspecified atom stereocenters. The summed E-state index contributed by atoms with van der Waals surface area (Å²) in [6.45, 7) is 8.13. The molecule has 3 aromatic rings. The molecule has 2 aromatic heterocycles. The number of para-hydroxylation sites is 1. The van der Waals surface area contributed by atoms with E-state index in [0.29, 0.717) is 22.9 Å². The Kier molecular flexibility index (Phi) is 5.32. The molecule has 1 atom stereocenters. The van der Waals surface area contributed by atoms with Crippen LogP contribution in [0.5, 0.6) is 0 Å². The van der Waals surface area contributed by atoms with Crippen molar-refractivity contribution in [2.24, 2.45) is 5.92 Å². The van der Waals surface area contributed by atoms with E-state index in [2.05, 4.69) is 30.9 Å². The van der Waals surface area contributed by atoms with Crippen LogP contribution in [-0.4, -0.2) is 42.7 Å². The summed E-state index contributed by atoms with van der Waals surface area (Å²) in [6, 6.07) is 9.75. The normalized spacial score (nSPS) is 12.7. The maximum Gasteiger partial charge on any atom is 0.227 e. The number of rotatable bonds is 7. The number of anilines is 3. The van der Waals surface area contributed by atoms with E-state index in [1.54, 1.807) is 4.68 Å². The number of benzene rings is 1. The second kappa shape index (κ2) is 7.65. The van der Waals surface area contributed by atoms with Crippen LogP contribution in [0.2, 0.25) is 0 Å². The minimum absolute atomic E-state index is 0.00219. The second-order valence-electron chi connectivity index (χ2n) is 6.86. The number of aliphatic hydroxyl groups excluding tert-OH is 1. The first-order chi connectivity index (χ1) is 12.5. The van der Waals surface area contributed by atoms with Crippen molar-refractivity contribution in [1.82, 2.24) is 25.0 Å². The minimum Gasteiger partial charge on any atom is -0.394 e. The summed E-state index contributed by atoms with van der Waals surface area (Å²) >= 11 is 0. The van der Waals surface area contributed by atoms with Gasteiger partial charge in [0.05, 0.1) is 18.7 Å². The Bertz CT molecular complexity index is 861. The van der Waals surface area contributed by atoms with Crippen molar-refractivity contribution in [2.75, 3.05) is 17.2 Å². The molecule has 138 valence electrons. The van der Waals surface area contributed by atoms with Crippen LogP contribution in [-0.2, 0) is 0 Å². The zero-order chi connectivity index (χ0) is 18.7. The third-order valence-corrected chi connectivity index (χ3v) is 4.17. The molecule has 8 nitrogen and oxygen atoms in total. The van der Waals surface area contributed by atoms with E-state index in [1.807, 2.05) is 58.0 Å². The lowest BCUT2D eigenvalue weighted by Gasteiger charge is -2.20. The average Bonchev–Trinajstić information content (AvgIpc) is 3.04. The highest BCUT2D eigenvalue weighted by atomic mass is 16.3. The number of aromatic nitrogens is 5. The Hall–Kier alpha value is -2.74. The van der Waals surface area contributed by atoms with Gasteiger partial charge in [0, 0.05) is 5.69 Å². The van der Waals surface area contributed by atoms with Gasteiger partial charge in [0.2, 0.25) is 5.95 Å². The Labute approximate surface area is 152 Å². The third-order valence-electron chi connectivity index (χ3n) is 4.17. The number of hydrogen-bond donors (Lipinski definition) is 3. The van der Waals surface area contributed by atoms with Crippen LogP contribution < -0.4 is 10.6 Å². The molecule has 3 rings (SSSR count). The van der Waals surface area contributed by atoms with E-state index in [4.69, 9.17) is 0 Å². The zero-order valence-electron chi connectivity index (χ0n) is 15.5. The smallest absolute Gasteiger partial charge is 0.227 e. The molecule has 26 heavy (non-hydrogen) atoms. The van der Waals surface area contributed by atoms with Gasteiger partial charge in [-0.2, -0.15) is 9.97 Å². The molecule has 0 aliphatic rings. The summed E-state index contributed by atoms with van der Waals surface area (Å²) in [7, 11) is 0. The molecule has 0 saturated carbocycles. The Morgan fingerprint density at radius 2 is 1.81 bits per heavy atom. The van der Waals surface area contributed by atoms with Gasteiger partial charge < -0.3 is 15.7 Å². The number of aliphatic hydroxyl groups is 1. The first-order valence-electron chi connectivity index (χ1n) is 8.82. The highest BCUT2D eigenvalue weighted by molar-refractivity contribution is 5.86. The molecule has 2 heterocycles. The van der Waals surface area contributed by atoms with Crippen molar-refractivity contribution in [3.05, 3.63) is 30.3 Å². The quantitative estimate of drug-likeness (QED) is 0.599.